The van der Waals surface area contributed by atoms with Crippen molar-refractivity contribution in [2.24, 2.45) is 0 Å². The maximum atomic E-state index is 11.8. The molecule has 0 aliphatic rings. The molecule has 0 saturated heterocycles. The molecule has 1 N–H and O–H groups in total. The minimum absolute atomic E-state index is 0.0920. The van der Waals surface area contributed by atoms with Crippen molar-refractivity contribution in [2.45, 2.75) is 19.9 Å². The number of carbonyl (C=O) groups is 1. The van der Waals surface area contributed by atoms with Crippen LogP contribution in [0.4, 0.5) is 5.69 Å². The third kappa shape index (κ3) is 2.79. The summed E-state index contributed by atoms with van der Waals surface area (Å²) in [7, 11) is 1.82. The fourth-order valence-electron chi connectivity index (χ4n) is 1.56. The van der Waals surface area contributed by atoms with E-state index in [2.05, 4.69) is 10.3 Å². The van der Waals surface area contributed by atoms with Crippen LogP contribution in [0, 0.1) is 0 Å². The van der Waals surface area contributed by atoms with E-state index < -0.39 is 0 Å². The summed E-state index contributed by atoms with van der Waals surface area (Å²) in [5.74, 6) is 0.0920. The lowest BCUT2D eigenvalue weighted by Crippen LogP contribution is -2.37. The lowest BCUT2D eigenvalue weighted by atomic mass is 10.3. The van der Waals surface area contributed by atoms with Gasteiger partial charge in [0.2, 0.25) is 5.91 Å². The van der Waals surface area contributed by atoms with E-state index in [0.29, 0.717) is 6.54 Å². The van der Waals surface area contributed by atoms with Gasteiger partial charge in [-0.2, -0.15) is 0 Å². The van der Waals surface area contributed by atoms with Crippen LogP contribution in [0.3, 0.4) is 0 Å². The van der Waals surface area contributed by atoms with Gasteiger partial charge in [0.1, 0.15) is 0 Å². The summed E-state index contributed by atoms with van der Waals surface area (Å²) >= 11 is 1.60. The highest BCUT2D eigenvalue weighted by atomic mass is 32.1. The molecular weight excluding hydrogens is 246 g/mol. The number of nitrogens with zero attached hydrogens (tertiary/aromatic N) is 2. The number of likely N-dealkylation sites (N-methyl/N-ethyl adjacent to an activating group) is 1. The molecule has 0 radical (unpaired) electrons. The van der Waals surface area contributed by atoms with E-state index in [1.54, 1.807) is 16.2 Å². The zero-order chi connectivity index (χ0) is 13.1. The lowest BCUT2D eigenvalue weighted by molar-refractivity contribution is -0.129. The Balaban J connectivity index is 1.99. The van der Waals surface area contributed by atoms with Gasteiger partial charge in [0, 0.05) is 18.8 Å². The lowest BCUT2D eigenvalue weighted by Gasteiger charge is -2.21. The van der Waals surface area contributed by atoms with Crippen molar-refractivity contribution in [3.63, 3.8) is 0 Å². The molecule has 1 amide bonds. The van der Waals surface area contributed by atoms with Gasteiger partial charge in [-0.25, -0.2) is 4.98 Å². The molecule has 1 aromatic heterocycles. The Morgan fingerprint density at radius 1 is 1.50 bits per heavy atom. The van der Waals surface area contributed by atoms with Gasteiger partial charge in [0.05, 0.1) is 22.3 Å². The van der Waals surface area contributed by atoms with Crippen LogP contribution in [0.2, 0.25) is 0 Å². The maximum Gasteiger partial charge on any atom is 0.241 e. The van der Waals surface area contributed by atoms with Crippen LogP contribution in [-0.4, -0.2) is 35.4 Å². The molecule has 0 aliphatic heterocycles. The molecule has 1 heterocycles. The number of nitrogens with one attached hydrogen (secondary N) is 1. The van der Waals surface area contributed by atoms with E-state index >= 15 is 0 Å². The summed E-state index contributed by atoms with van der Waals surface area (Å²) in [6.45, 7) is 4.32. The van der Waals surface area contributed by atoms with Gasteiger partial charge in [-0.15, -0.1) is 11.3 Å². The molecule has 4 nitrogen and oxygen atoms in total. The Kier molecular flexibility index (Phi) is 3.81. The van der Waals surface area contributed by atoms with Gasteiger partial charge in [-0.3, -0.25) is 4.79 Å². The van der Waals surface area contributed by atoms with Crippen LogP contribution in [0.1, 0.15) is 13.8 Å². The SMILES string of the molecule is CC(C)N(C)C(=O)CNc1ccc2ncsc2c1. The monoisotopic (exact) mass is 263 g/mol. The molecule has 96 valence electrons. The maximum absolute atomic E-state index is 11.8. The molecular formula is C13H17N3OS. The number of thiazole rings is 1. The van der Waals surface area contributed by atoms with Gasteiger partial charge in [0.15, 0.2) is 0 Å². The Morgan fingerprint density at radius 2 is 2.28 bits per heavy atom. The van der Waals surface area contributed by atoms with E-state index in [1.807, 2.05) is 44.6 Å². The molecule has 1 aromatic carbocycles. The summed E-state index contributed by atoms with van der Waals surface area (Å²) in [6, 6.07) is 6.16. The summed E-state index contributed by atoms with van der Waals surface area (Å²) in [5.41, 5.74) is 3.78. The average Bonchev–Trinajstić information content (AvgIpc) is 2.82. The third-order valence-electron chi connectivity index (χ3n) is 2.94. The van der Waals surface area contributed by atoms with E-state index in [9.17, 15) is 4.79 Å². The third-order valence-corrected chi connectivity index (χ3v) is 3.73. The molecule has 0 atom stereocenters. The number of hydrogen-bond donors (Lipinski definition) is 1. The molecule has 0 aliphatic carbocycles. The Morgan fingerprint density at radius 3 is 3.00 bits per heavy atom. The molecule has 0 unspecified atom stereocenters. The van der Waals surface area contributed by atoms with Crippen LogP contribution in [0.5, 0.6) is 0 Å². The van der Waals surface area contributed by atoms with Crippen molar-refractivity contribution in [2.75, 3.05) is 18.9 Å². The molecule has 0 bridgehead atoms. The second-order valence-corrected chi connectivity index (χ2v) is 5.37. The fraction of sp³-hybridized carbons (Fsp3) is 0.385. The molecule has 2 aromatic rings. The van der Waals surface area contributed by atoms with Crippen molar-refractivity contribution < 1.29 is 4.79 Å². The van der Waals surface area contributed by atoms with Crippen LogP contribution >= 0.6 is 11.3 Å². The number of hydrogen-bond acceptors (Lipinski definition) is 4. The zero-order valence-electron chi connectivity index (χ0n) is 10.8. The highest BCUT2D eigenvalue weighted by molar-refractivity contribution is 7.16. The number of rotatable bonds is 4. The Bertz CT molecular complexity index is 550. The first-order chi connectivity index (χ1) is 8.58. The van der Waals surface area contributed by atoms with Crippen molar-refractivity contribution in [1.29, 1.82) is 0 Å². The molecule has 5 heteroatoms. The first-order valence-electron chi connectivity index (χ1n) is 5.90. The van der Waals surface area contributed by atoms with Crippen molar-refractivity contribution in [3.8, 4) is 0 Å². The van der Waals surface area contributed by atoms with Gasteiger partial charge in [-0.05, 0) is 32.0 Å². The summed E-state index contributed by atoms with van der Waals surface area (Å²) in [4.78, 5) is 17.8. The quantitative estimate of drug-likeness (QED) is 0.922. The smallest absolute Gasteiger partial charge is 0.241 e. The summed E-state index contributed by atoms with van der Waals surface area (Å²) in [5, 5.41) is 3.15. The highest BCUT2D eigenvalue weighted by Gasteiger charge is 2.11. The molecule has 0 saturated carbocycles. The Labute approximate surface area is 111 Å². The number of amides is 1. The summed E-state index contributed by atoms with van der Waals surface area (Å²) < 4.78 is 1.13. The first kappa shape index (κ1) is 12.8. The minimum Gasteiger partial charge on any atom is -0.376 e. The topological polar surface area (TPSA) is 45.2 Å². The molecule has 2 rings (SSSR count). The second-order valence-electron chi connectivity index (χ2n) is 4.49. The second kappa shape index (κ2) is 5.35. The van der Waals surface area contributed by atoms with Gasteiger partial charge in [-0.1, -0.05) is 0 Å². The van der Waals surface area contributed by atoms with Crippen molar-refractivity contribution in [3.05, 3.63) is 23.7 Å². The summed E-state index contributed by atoms with van der Waals surface area (Å²) in [6.07, 6.45) is 0. The molecule has 0 spiro atoms. The normalized spacial score (nSPS) is 10.9. The highest BCUT2D eigenvalue weighted by Crippen LogP contribution is 2.21. The first-order valence-corrected chi connectivity index (χ1v) is 6.78. The van der Waals surface area contributed by atoms with Gasteiger partial charge in [0.25, 0.3) is 0 Å². The number of fused-ring (bicyclic) bond motifs is 1. The Hall–Kier alpha value is -1.62. The van der Waals surface area contributed by atoms with E-state index in [1.165, 1.54) is 0 Å². The van der Waals surface area contributed by atoms with E-state index in [0.717, 1.165) is 15.9 Å². The predicted molar refractivity (Wildman–Crippen MR) is 76.0 cm³/mol. The van der Waals surface area contributed by atoms with Gasteiger partial charge >= 0.3 is 0 Å². The number of benzene rings is 1. The average molecular weight is 263 g/mol. The van der Waals surface area contributed by atoms with Crippen LogP contribution in [-0.2, 0) is 4.79 Å². The molecule has 0 fully saturated rings. The largest absolute Gasteiger partial charge is 0.376 e. The van der Waals surface area contributed by atoms with Crippen LogP contribution in [0.25, 0.3) is 10.2 Å². The standard InChI is InChI=1S/C13H17N3OS/c1-9(2)16(3)13(17)7-14-10-4-5-11-12(6-10)18-8-15-11/h4-6,8-9,14H,7H2,1-3H3. The number of aromatic nitrogens is 1. The van der Waals surface area contributed by atoms with Crippen LogP contribution in [0.15, 0.2) is 23.7 Å². The van der Waals surface area contributed by atoms with Crippen LogP contribution < -0.4 is 5.32 Å². The zero-order valence-corrected chi connectivity index (χ0v) is 11.6. The number of carbonyl (C=O) groups excluding carboxylic acids is 1. The van der Waals surface area contributed by atoms with Gasteiger partial charge < -0.3 is 10.2 Å². The van der Waals surface area contributed by atoms with Crippen molar-refractivity contribution >= 4 is 33.1 Å². The van der Waals surface area contributed by atoms with E-state index in [-0.39, 0.29) is 11.9 Å². The fourth-order valence-corrected chi connectivity index (χ4v) is 2.27. The number of anilines is 1. The van der Waals surface area contributed by atoms with E-state index in [4.69, 9.17) is 0 Å². The minimum atomic E-state index is 0.0920. The molecule has 18 heavy (non-hydrogen) atoms. The van der Waals surface area contributed by atoms with Crippen molar-refractivity contribution in [1.82, 2.24) is 9.88 Å². The predicted octanol–water partition coefficient (Wildman–Crippen LogP) is 2.58.